The fraction of sp³-hybridized carbons (Fsp3) is 0.333. The summed E-state index contributed by atoms with van der Waals surface area (Å²) in [7, 11) is 0. The van der Waals surface area contributed by atoms with Gasteiger partial charge in [-0.25, -0.2) is 0 Å². The number of nitrogens with one attached hydrogen (secondary N) is 1. The lowest BCUT2D eigenvalue weighted by atomic mass is 10.0. The molecular weight excluding hydrogens is 306 g/mol. The summed E-state index contributed by atoms with van der Waals surface area (Å²) in [6.45, 7) is 6.62. The molecule has 96 valence electrons. The maximum absolute atomic E-state index is 3.65. The number of benzene rings is 1. The Morgan fingerprint density at radius 1 is 1.22 bits per heavy atom. The van der Waals surface area contributed by atoms with Crippen molar-refractivity contribution in [1.82, 2.24) is 0 Å². The van der Waals surface area contributed by atoms with Crippen LogP contribution in [0.25, 0.3) is 0 Å². The minimum Gasteiger partial charge on any atom is -0.376 e. The lowest BCUT2D eigenvalue weighted by molar-refractivity contribution is 0.553. The first-order valence-electron chi connectivity index (χ1n) is 6.14. The van der Waals surface area contributed by atoms with Crippen LogP contribution < -0.4 is 5.32 Å². The number of anilines is 1. The van der Waals surface area contributed by atoms with Gasteiger partial charge in [0.1, 0.15) is 0 Å². The van der Waals surface area contributed by atoms with E-state index in [2.05, 4.69) is 77.7 Å². The van der Waals surface area contributed by atoms with Gasteiger partial charge in [-0.1, -0.05) is 26.0 Å². The van der Waals surface area contributed by atoms with E-state index in [0.29, 0.717) is 12.0 Å². The molecule has 0 aliphatic heterocycles. The quantitative estimate of drug-likeness (QED) is 0.769. The molecule has 1 heterocycles. The minimum absolute atomic E-state index is 0.364. The molecule has 0 aliphatic rings. The molecule has 2 aromatic rings. The van der Waals surface area contributed by atoms with Crippen molar-refractivity contribution >= 4 is 33.0 Å². The molecule has 0 saturated heterocycles. The zero-order valence-corrected chi connectivity index (χ0v) is 13.3. The summed E-state index contributed by atoms with van der Waals surface area (Å²) in [5.74, 6) is 0.552. The van der Waals surface area contributed by atoms with Crippen LogP contribution in [0.2, 0.25) is 0 Å². The summed E-state index contributed by atoms with van der Waals surface area (Å²) in [6.07, 6.45) is 0. The van der Waals surface area contributed by atoms with E-state index in [4.69, 9.17) is 0 Å². The van der Waals surface area contributed by atoms with E-state index < -0.39 is 0 Å². The molecule has 1 aromatic carbocycles. The minimum atomic E-state index is 0.364. The van der Waals surface area contributed by atoms with Crippen molar-refractivity contribution in [2.24, 2.45) is 5.92 Å². The van der Waals surface area contributed by atoms with Gasteiger partial charge in [0.05, 0.1) is 6.04 Å². The van der Waals surface area contributed by atoms with Crippen molar-refractivity contribution in [3.63, 3.8) is 0 Å². The standard InChI is InChI=1S/C15H18BrNS/c1-10(2)15(14-5-4-8-18-14)17-13-9-11(3)6-7-12(13)16/h4-10,15,17H,1-3H3. The van der Waals surface area contributed by atoms with E-state index in [1.54, 1.807) is 0 Å². The van der Waals surface area contributed by atoms with Gasteiger partial charge in [0, 0.05) is 15.0 Å². The highest BCUT2D eigenvalue weighted by Crippen LogP contribution is 2.33. The van der Waals surface area contributed by atoms with Crippen molar-refractivity contribution in [3.05, 3.63) is 50.6 Å². The number of rotatable bonds is 4. The van der Waals surface area contributed by atoms with Gasteiger partial charge >= 0.3 is 0 Å². The lowest BCUT2D eigenvalue weighted by Crippen LogP contribution is -2.15. The molecule has 2 rings (SSSR count). The van der Waals surface area contributed by atoms with Gasteiger partial charge in [0.25, 0.3) is 0 Å². The Bertz CT molecular complexity index is 505. The molecule has 0 aliphatic carbocycles. The monoisotopic (exact) mass is 323 g/mol. The van der Waals surface area contributed by atoms with Gasteiger partial charge in [-0.15, -0.1) is 11.3 Å². The summed E-state index contributed by atoms with van der Waals surface area (Å²) < 4.78 is 1.12. The van der Waals surface area contributed by atoms with Crippen molar-refractivity contribution in [2.45, 2.75) is 26.8 Å². The van der Waals surface area contributed by atoms with Crippen LogP contribution in [0.5, 0.6) is 0 Å². The molecule has 0 amide bonds. The molecule has 1 aromatic heterocycles. The van der Waals surface area contributed by atoms with Crippen LogP contribution in [0.1, 0.15) is 30.3 Å². The molecule has 1 N–H and O–H groups in total. The zero-order valence-electron chi connectivity index (χ0n) is 10.9. The van der Waals surface area contributed by atoms with E-state index in [0.717, 1.165) is 4.47 Å². The van der Waals surface area contributed by atoms with Crippen LogP contribution in [0.15, 0.2) is 40.2 Å². The average Bonchev–Trinajstić information content (AvgIpc) is 2.83. The highest BCUT2D eigenvalue weighted by molar-refractivity contribution is 9.10. The second-order valence-electron chi connectivity index (χ2n) is 4.86. The number of thiophene rings is 1. The van der Waals surface area contributed by atoms with Crippen LogP contribution in [0, 0.1) is 12.8 Å². The smallest absolute Gasteiger partial charge is 0.0629 e. The van der Waals surface area contributed by atoms with E-state index in [9.17, 15) is 0 Å². The van der Waals surface area contributed by atoms with E-state index >= 15 is 0 Å². The molecule has 0 saturated carbocycles. The molecule has 0 fully saturated rings. The van der Waals surface area contributed by atoms with Crippen molar-refractivity contribution in [2.75, 3.05) is 5.32 Å². The van der Waals surface area contributed by atoms with Crippen molar-refractivity contribution in [1.29, 1.82) is 0 Å². The Morgan fingerprint density at radius 3 is 2.61 bits per heavy atom. The van der Waals surface area contributed by atoms with E-state index in [1.165, 1.54) is 16.1 Å². The Hall–Kier alpha value is -0.800. The number of halogens is 1. The van der Waals surface area contributed by atoms with E-state index in [-0.39, 0.29) is 0 Å². The summed E-state index contributed by atoms with van der Waals surface area (Å²) in [5.41, 5.74) is 2.44. The summed E-state index contributed by atoms with van der Waals surface area (Å²) >= 11 is 5.42. The average molecular weight is 324 g/mol. The highest BCUT2D eigenvalue weighted by atomic mass is 79.9. The van der Waals surface area contributed by atoms with Crippen LogP contribution in [0.4, 0.5) is 5.69 Å². The molecule has 0 radical (unpaired) electrons. The van der Waals surface area contributed by atoms with Gasteiger partial charge < -0.3 is 5.32 Å². The summed E-state index contributed by atoms with van der Waals surface area (Å²) in [6, 6.07) is 11.1. The van der Waals surface area contributed by atoms with Gasteiger partial charge in [0.15, 0.2) is 0 Å². The Morgan fingerprint density at radius 2 is 2.00 bits per heavy atom. The molecule has 1 nitrogen and oxygen atoms in total. The first-order chi connectivity index (χ1) is 8.58. The zero-order chi connectivity index (χ0) is 13.1. The van der Waals surface area contributed by atoms with Crippen LogP contribution >= 0.6 is 27.3 Å². The predicted octanol–water partition coefficient (Wildman–Crippen LogP) is 5.63. The molecule has 18 heavy (non-hydrogen) atoms. The first kappa shape index (κ1) is 13.6. The molecular formula is C15H18BrNS. The maximum atomic E-state index is 3.65. The normalized spacial score (nSPS) is 12.7. The number of hydrogen-bond acceptors (Lipinski definition) is 2. The van der Waals surface area contributed by atoms with Gasteiger partial charge in [0.2, 0.25) is 0 Å². The number of aryl methyl sites for hydroxylation is 1. The molecule has 3 heteroatoms. The third kappa shape index (κ3) is 3.15. The fourth-order valence-corrected chi connectivity index (χ4v) is 3.26. The molecule has 1 unspecified atom stereocenters. The topological polar surface area (TPSA) is 12.0 Å². The second-order valence-corrected chi connectivity index (χ2v) is 6.70. The summed E-state index contributed by atoms with van der Waals surface area (Å²) in [5, 5.41) is 5.79. The summed E-state index contributed by atoms with van der Waals surface area (Å²) in [4.78, 5) is 1.39. The Labute approximate surface area is 121 Å². The fourth-order valence-electron chi connectivity index (χ4n) is 1.95. The molecule has 0 bridgehead atoms. The molecule has 1 atom stereocenters. The van der Waals surface area contributed by atoms with Gasteiger partial charge in [-0.05, 0) is 57.9 Å². The lowest BCUT2D eigenvalue weighted by Gasteiger charge is -2.23. The maximum Gasteiger partial charge on any atom is 0.0629 e. The first-order valence-corrected chi connectivity index (χ1v) is 7.81. The predicted molar refractivity (Wildman–Crippen MR) is 84.4 cm³/mol. The Kier molecular flexibility index (Phi) is 4.46. The van der Waals surface area contributed by atoms with Gasteiger partial charge in [-0.3, -0.25) is 0 Å². The van der Waals surface area contributed by atoms with E-state index in [1.807, 2.05) is 11.3 Å². The van der Waals surface area contributed by atoms with Gasteiger partial charge in [-0.2, -0.15) is 0 Å². The largest absolute Gasteiger partial charge is 0.376 e. The number of hydrogen-bond donors (Lipinski definition) is 1. The Balaban J connectivity index is 2.27. The second kappa shape index (κ2) is 5.89. The van der Waals surface area contributed by atoms with Crippen LogP contribution in [-0.4, -0.2) is 0 Å². The van der Waals surface area contributed by atoms with Crippen molar-refractivity contribution in [3.8, 4) is 0 Å². The third-order valence-corrected chi connectivity index (χ3v) is 4.60. The highest BCUT2D eigenvalue weighted by Gasteiger charge is 2.17. The third-order valence-electron chi connectivity index (χ3n) is 2.95. The van der Waals surface area contributed by atoms with Crippen LogP contribution in [-0.2, 0) is 0 Å². The van der Waals surface area contributed by atoms with Crippen LogP contribution in [0.3, 0.4) is 0 Å². The van der Waals surface area contributed by atoms with Crippen molar-refractivity contribution < 1.29 is 0 Å². The molecule has 0 spiro atoms. The SMILES string of the molecule is Cc1ccc(Br)c(NC(c2cccs2)C(C)C)c1.